The number of hydrogen-bond donors (Lipinski definition) is 2. The van der Waals surface area contributed by atoms with Crippen LogP contribution in [-0.4, -0.2) is 32.1 Å². The molecule has 156 valence electrons. The maximum Gasteiger partial charge on any atom is 0.256 e. The topological polar surface area (TPSA) is 90.7 Å². The summed E-state index contributed by atoms with van der Waals surface area (Å²) in [5.74, 6) is -0.216. The average molecular weight is 425 g/mol. The van der Waals surface area contributed by atoms with Crippen molar-refractivity contribution in [1.82, 2.24) is 0 Å². The molecule has 0 atom stereocenters. The number of rotatable bonds is 9. The first kappa shape index (κ1) is 21.5. The number of anilines is 1. The average Bonchev–Trinajstić information content (AvgIpc) is 3.04. The van der Waals surface area contributed by atoms with E-state index in [0.29, 0.717) is 41.5 Å². The largest absolute Gasteiger partial charge is 0.491 e. The molecule has 0 radical (unpaired) electrons. The molecule has 3 rings (SSSR count). The Morgan fingerprint density at radius 1 is 1.03 bits per heavy atom. The fraction of sp³-hybridized carbons (Fsp3) is 0.217. The van der Waals surface area contributed by atoms with Crippen molar-refractivity contribution < 1.29 is 19.1 Å². The van der Waals surface area contributed by atoms with Crippen molar-refractivity contribution in [2.75, 3.05) is 25.6 Å². The minimum atomic E-state index is -0.555. The van der Waals surface area contributed by atoms with Gasteiger partial charge in [-0.3, -0.25) is 9.59 Å². The maximum absolute atomic E-state index is 12.7. The first-order valence-electron chi connectivity index (χ1n) is 9.48. The third-order valence-corrected chi connectivity index (χ3v) is 5.81. The molecule has 0 fully saturated rings. The van der Waals surface area contributed by atoms with E-state index >= 15 is 0 Å². The molecule has 0 aliphatic heterocycles. The lowest BCUT2D eigenvalue weighted by atomic mass is 10.1. The number of primary amides is 1. The Labute approximate surface area is 179 Å². The van der Waals surface area contributed by atoms with E-state index in [2.05, 4.69) is 5.32 Å². The molecular formula is C23H24N2O4S. The van der Waals surface area contributed by atoms with Gasteiger partial charge in [0.05, 0.1) is 12.2 Å². The van der Waals surface area contributed by atoms with Crippen LogP contribution in [0.4, 0.5) is 5.00 Å². The van der Waals surface area contributed by atoms with Crippen LogP contribution < -0.4 is 15.8 Å². The van der Waals surface area contributed by atoms with E-state index < -0.39 is 5.91 Å². The van der Waals surface area contributed by atoms with Crippen LogP contribution in [0, 0.1) is 6.92 Å². The van der Waals surface area contributed by atoms with Crippen molar-refractivity contribution in [1.29, 1.82) is 0 Å². The number of amides is 2. The molecule has 3 aromatic rings. The number of methoxy groups -OCH3 is 1. The van der Waals surface area contributed by atoms with Gasteiger partial charge in [-0.05, 0) is 42.3 Å². The highest BCUT2D eigenvalue weighted by Crippen LogP contribution is 2.34. The zero-order valence-electron chi connectivity index (χ0n) is 16.9. The fourth-order valence-electron chi connectivity index (χ4n) is 3.02. The van der Waals surface area contributed by atoms with Crippen LogP contribution in [0.15, 0.2) is 54.6 Å². The Morgan fingerprint density at radius 3 is 2.37 bits per heavy atom. The summed E-state index contributed by atoms with van der Waals surface area (Å²) in [6.07, 6.45) is 0.668. The summed E-state index contributed by atoms with van der Waals surface area (Å²) in [4.78, 5) is 25.8. The van der Waals surface area contributed by atoms with Crippen molar-refractivity contribution in [3.05, 3.63) is 81.7 Å². The standard InChI is InChI=1S/C23H24N2O4S/c1-15-19(14-16-6-4-3-5-7-16)30-23(20(15)21(24)26)25-22(27)17-8-10-18(11-9-17)29-13-12-28-2/h3-11H,12-14H2,1-2H3,(H2,24,26)(H,25,27). The first-order chi connectivity index (χ1) is 14.5. The van der Waals surface area contributed by atoms with Crippen molar-refractivity contribution in [2.45, 2.75) is 13.3 Å². The summed E-state index contributed by atoms with van der Waals surface area (Å²) in [7, 11) is 1.61. The van der Waals surface area contributed by atoms with Crippen LogP contribution in [0.25, 0.3) is 0 Å². The quantitative estimate of drug-likeness (QED) is 0.508. The zero-order valence-corrected chi connectivity index (χ0v) is 17.8. The van der Waals surface area contributed by atoms with Gasteiger partial charge in [0.2, 0.25) is 0 Å². The Hall–Kier alpha value is -3.16. The van der Waals surface area contributed by atoms with E-state index in [0.717, 1.165) is 16.0 Å². The molecule has 3 N–H and O–H groups in total. The molecule has 0 aliphatic carbocycles. The summed E-state index contributed by atoms with van der Waals surface area (Å²) >= 11 is 1.38. The number of hydrogen-bond acceptors (Lipinski definition) is 5. The van der Waals surface area contributed by atoms with Gasteiger partial charge < -0.3 is 20.5 Å². The van der Waals surface area contributed by atoms with E-state index in [1.54, 1.807) is 31.4 Å². The van der Waals surface area contributed by atoms with Gasteiger partial charge in [-0.1, -0.05) is 30.3 Å². The molecule has 1 heterocycles. The van der Waals surface area contributed by atoms with Gasteiger partial charge in [-0.2, -0.15) is 0 Å². The highest BCUT2D eigenvalue weighted by atomic mass is 32.1. The summed E-state index contributed by atoms with van der Waals surface area (Å²) in [6.45, 7) is 2.78. The van der Waals surface area contributed by atoms with Gasteiger partial charge >= 0.3 is 0 Å². The van der Waals surface area contributed by atoms with Gasteiger partial charge in [0.15, 0.2) is 0 Å². The van der Waals surface area contributed by atoms with E-state index in [-0.39, 0.29) is 5.91 Å². The minimum absolute atomic E-state index is 0.312. The maximum atomic E-state index is 12.7. The van der Waals surface area contributed by atoms with Crippen LogP contribution in [0.3, 0.4) is 0 Å². The van der Waals surface area contributed by atoms with Crippen molar-refractivity contribution in [3.8, 4) is 5.75 Å². The number of nitrogens with two attached hydrogens (primary N) is 1. The van der Waals surface area contributed by atoms with Gasteiger partial charge in [0.1, 0.15) is 17.4 Å². The lowest BCUT2D eigenvalue weighted by molar-refractivity contribution is 0.100. The molecular weight excluding hydrogens is 400 g/mol. The predicted molar refractivity (Wildman–Crippen MR) is 119 cm³/mol. The molecule has 6 nitrogen and oxygen atoms in total. The minimum Gasteiger partial charge on any atom is -0.491 e. The van der Waals surface area contributed by atoms with Gasteiger partial charge in [0.25, 0.3) is 11.8 Å². The molecule has 0 spiro atoms. The zero-order chi connectivity index (χ0) is 21.5. The predicted octanol–water partition coefficient (Wildman–Crippen LogP) is 4.02. The Balaban J connectivity index is 1.77. The second-order valence-electron chi connectivity index (χ2n) is 6.70. The van der Waals surface area contributed by atoms with E-state index in [1.807, 2.05) is 37.3 Å². The van der Waals surface area contributed by atoms with Crippen molar-refractivity contribution >= 4 is 28.2 Å². The van der Waals surface area contributed by atoms with E-state index in [9.17, 15) is 9.59 Å². The SMILES string of the molecule is COCCOc1ccc(C(=O)Nc2sc(Cc3ccccc3)c(C)c2C(N)=O)cc1. The normalized spacial score (nSPS) is 10.6. The number of nitrogens with one attached hydrogen (secondary N) is 1. The molecule has 30 heavy (non-hydrogen) atoms. The van der Waals surface area contributed by atoms with Gasteiger partial charge in [0, 0.05) is 24.0 Å². The first-order valence-corrected chi connectivity index (χ1v) is 10.3. The second-order valence-corrected chi connectivity index (χ2v) is 7.81. The molecule has 0 bridgehead atoms. The lowest BCUT2D eigenvalue weighted by Crippen LogP contribution is -2.17. The Kier molecular flexibility index (Phi) is 7.21. The lowest BCUT2D eigenvalue weighted by Gasteiger charge is -2.07. The number of carbonyl (C=O) groups excluding carboxylic acids is 2. The van der Waals surface area contributed by atoms with Gasteiger partial charge in [-0.15, -0.1) is 11.3 Å². The Bertz CT molecular complexity index is 1010. The summed E-state index contributed by atoms with van der Waals surface area (Å²) in [6, 6.07) is 16.7. The van der Waals surface area contributed by atoms with Crippen LogP contribution in [-0.2, 0) is 11.2 Å². The number of carbonyl (C=O) groups is 2. The molecule has 0 saturated heterocycles. The monoisotopic (exact) mass is 424 g/mol. The third kappa shape index (κ3) is 5.25. The molecule has 0 aliphatic rings. The molecule has 7 heteroatoms. The molecule has 0 saturated carbocycles. The van der Waals surface area contributed by atoms with Crippen LogP contribution in [0.1, 0.15) is 36.7 Å². The van der Waals surface area contributed by atoms with Crippen molar-refractivity contribution in [2.24, 2.45) is 5.73 Å². The Morgan fingerprint density at radius 2 is 1.73 bits per heavy atom. The van der Waals surface area contributed by atoms with Crippen LogP contribution in [0.5, 0.6) is 5.75 Å². The summed E-state index contributed by atoms with van der Waals surface area (Å²) in [5.41, 5.74) is 8.35. The summed E-state index contributed by atoms with van der Waals surface area (Å²) in [5, 5.41) is 3.31. The fourth-order valence-corrected chi connectivity index (χ4v) is 4.26. The van der Waals surface area contributed by atoms with E-state index in [4.69, 9.17) is 15.2 Å². The van der Waals surface area contributed by atoms with Gasteiger partial charge in [-0.25, -0.2) is 0 Å². The molecule has 2 aromatic carbocycles. The summed E-state index contributed by atoms with van der Waals surface area (Å²) < 4.78 is 10.5. The highest BCUT2D eigenvalue weighted by Gasteiger charge is 2.21. The molecule has 2 amide bonds. The van der Waals surface area contributed by atoms with E-state index in [1.165, 1.54) is 11.3 Å². The number of ether oxygens (including phenoxy) is 2. The molecule has 1 aromatic heterocycles. The van der Waals surface area contributed by atoms with Crippen LogP contribution in [0.2, 0.25) is 0 Å². The molecule has 0 unspecified atom stereocenters. The number of thiophene rings is 1. The smallest absolute Gasteiger partial charge is 0.256 e. The number of benzene rings is 2. The third-order valence-electron chi connectivity index (χ3n) is 4.60. The van der Waals surface area contributed by atoms with Crippen molar-refractivity contribution in [3.63, 3.8) is 0 Å². The highest BCUT2D eigenvalue weighted by molar-refractivity contribution is 7.17. The second kappa shape index (κ2) is 10.0. The van der Waals surface area contributed by atoms with Crippen LogP contribution >= 0.6 is 11.3 Å².